The summed E-state index contributed by atoms with van der Waals surface area (Å²) in [6, 6.07) is 7.99. The van der Waals surface area contributed by atoms with E-state index in [2.05, 4.69) is 39.2 Å². The van der Waals surface area contributed by atoms with Crippen molar-refractivity contribution < 1.29 is 0 Å². The van der Waals surface area contributed by atoms with Crippen LogP contribution >= 0.6 is 0 Å². The molecule has 2 aliphatic rings. The van der Waals surface area contributed by atoms with Gasteiger partial charge in [-0.1, -0.05) is 19.1 Å². The molecule has 0 amide bonds. The number of rotatable bonds is 3. The van der Waals surface area contributed by atoms with Crippen molar-refractivity contribution in [3.05, 3.63) is 35.6 Å². The van der Waals surface area contributed by atoms with Gasteiger partial charge in [-0.15, -0.1) is 0 Å². The predicted octanol–water partition coefficient (Wildman–Crippen LogP) is 1.21. The highest BCUT2D eigenvalue weighted by Crippen LogP contribution is 2.23. The number of nitrogens with one attached hydrogen (secondary N) is 1. The number of aliphatic imine (C=N–C) groups is 1. The zero-order valence-corrected chi connectivity index (χ0v) is 12.5. The summed E-state index contributed by atoms with van der Waals surface area (Å²) in [5.41, 5.74) is 8.83. The summed E-state index contributed by atoms with van der Waals surface area (Å²) in [4.78, 5) is 9.50. The van der Waals surface area contributed by atoms with Gasteiger partial charge in [0, 0.05) is 43.6 Å². The number of nitrogens with zero attached hydrogens (tertiary/aromatic N) is 3. The van der Waals surface area contributed by atoms with Gasteiger partial charge in [-0.25, -0.2) is 4.99 Å². The van der Waals surface area contributed by atoms with E-state index in [1.54, 1.807) is 0 Å². The molecule has 5 heteroatoms. The molecule has 0 radical (unpaired) electrons. The Hall–Kier alpha value is -2.01. The number of likely N-dealkylation sites (N-methyl/N-ethyl adjacent to an activating group) is 1. The molecule has 0 bridgehead atoms. The largest absolute Gasteiger partial charge is 0.399 e. The fourth-order valence-electron chi connectivity index (χ4n) is 2.82. The summed E-state index contributed by atoms with van der Waals surface area (Å²) >= 11 is 0. The van der Waals surface area contributed by atoms with Crippen LogP contribution in [-0.2, 0) is 0 Å². The highest BCUT2D eigenvalue weighted by atomic mass is 15.3. The zero-order chi connectivity index (χ0) is 14.7. The van der Waals surface area contributed by atoms with Gasteiger partial charge < -0.3 is 20.9 Å². The Kier molecular flexibility index (Phi) is 4.10. The lowest BCUT2D eigenvalue weighted by atomic mass is 10.1. The number of hydrogen-bond donors (Lipinski definition) is 2. The molecule has 0 saturated carbocycles. The molecule has 5 nitrogen and oxygen atoms in total. The molecule has 0 aromatic heterocycles. The molecule has 0 unspecified atom stereocenters. The number of nitrogen functional groups attached to an aromatic ring is 1. The van der Waals surface area contributed by atoms with E-state index in [9.17, 15) is 0 Å². The Labute approximate surface area is 126 Å². The van der Waals surface area contributed by atoms with Crippen LogP contribution < -0.4 is 11.1 Å². The quantitative estimate of drug-likeness (QED) is 0.820. The van der Waals surface area contributed by atoms with E-state index in [-0.39, 0.29) is 0 Å². The van der Waals surface area contributed by atoms with E-state index in [4.69, 9.17) is 5.73 Å². The molecular weight excluding hydrogens is 262 g/mol. The van der Waals surface area contributed by atoms with E-state index in [0.717, 1.165) is 62.0 Å². The maximum Gasteiger partial charge on any atom is 0.152 e. The molecule has 1 aromatic rings. The van der Waals surface area contributed by atoms with Gasteiger partial charge in [-0.2, -0.15) is 0 Å². The smallest absolute Gasteiger partial charge is 0.152 e. The van der Waals surface area contributed by atoms with Gasteiger partial charge in [-0.3, -0.25) is 0 Å². The van der Waals surface area contributed by atoms with Gasteiger partial charge in [0.25, 0.3) is 0 Å². The van der Waals surface area contributed by atoms with Crippen LogP contribution in [0, 0.1) is 0 Å². The van der Waals surface area contributed by atoms with Crippen molar-refractivity contribution in [1.29, 1.82) is 0 Å². The van der Waals surface area contributed by atoms with Crippen molar-refractivity contribution >= 4 is 17.6 Å². The SMILES string of the molecule is CCN1CCN(C2=C(c3ccc(N)cc3)NCC=N2)CC1. The molecule has 0 spiro atoms. The van der Waals surface area contributed by atoms with Crippen LogP contribution in [0.3, 0.4) is 0 Å². The minimum Gasteiger partial charge on any atom is -0.399 e. The van der Waals surface area contributed by atoms with Crippen molar-refractivity contribution in [1.82, 2.24) is 15.1 Å². The van der Waals surface area contributed by atoms with Gasteiger partial charge in [0.15, 0.2) is 5.82 Å². The van der Waals surface area contributed by atoms with Crippen molar-refractivity contribution in [3.63, 3.8) is 0 Å². The molecule has 112 valence electrons. The fourth-order valence-corrected chi connectivity index (χ4v) is 2.82. The second-order valence-corrected chi connectivity index (χ2v) is 5.43. The van der Waals surface area contributed by atoms with E-state index in [0.29, 0.717) is 0 Å². The van der Waals surface area contributed by atoms with Gasteiger partial charge >= 0.3 is 0 Å². The van der Waals surface area contributed by atoms with Gasteiger partial charge in [0.05, 0.1) is 12.2 Å². The second-order valence-electron chi connectivity index (χ2n) is 5.43. The highest BCUT2D eigenvalue weighted by Gasteiger charge is 2.22. The number of benzene rings is 1. The Morgan fingerprint density at radius 1 is 1.14 bits per heavy atom. The topological polar surface area (TPSA) is 56.9 Å². The lowest BCUT2D eigenvalue weighted by molar-refractivity contribution is 0.164. The number of anilines is 1. The Morgan fingerprint density at radius 2 is 1.86 bits per heavy atom. The van der Waals surface area contributed by atoms with Crippen LogP contribution in [-0.4, -0.2) is 55.3 Å². The minimum atomic E-state index is 0.776. The molecule has 3 N–H and O–H groups in total. The standard InChI is InChI=1S/C16H23N5/c1-2-20-9-11-21(12-10-20)16-15(18-7-8-19-16)13-3-5-14(17)6-4-13/h3-6,8,18H,2,7,9-12,17H2,1H3. The maximum atomic E-state index is 5.78. The third kappa shape index (κ3) is 3.03. The average molecular weight is 285 g/mol. The molecule has 2 aliphatic heterocycles. The van der Waals surface area contributed by atoms with Crippen molar-refractivity contribution in [2.24, 2.45) is 4.99 Å². The predicted molar refractivity (Wildman–Crippen MR) is 88.0 cm³/mol. The first-order valence-electron chi connectivity index (χ1n) is 7.62. The van der Waals surface area contributed by atoms with Crippen LogP contribution in [0.2, 0.25) is 0 Å². The van der Waals surface area contributed by atoms with Crippen LogP contribution in [0.5, 0.6) is 0 Å². The van der Waals surface area contributed by atoms with Crippen LogP contribution in [0.1, 0.15) is 12.5 Å². The van der Waals surface area contributed by atoms with E-state index in [1.807, 2.05) is 18.3 Å². The maximum absolute atomic E-state index is 5.78. The first-order chi connectivity index (χ1) is 10.3. The fraction of sp³-hybridized carbons (Fsp3) is 0.438. The first kappa shape index (κ1) is 13.9. The van der Waals surface area contributed by atoms with E-state index >= 15 is 0 Å². The second kappa shape index (κ2) is 6.18. The summed E-state index contributed by atoms with van der Waals surface area (Å²) in [7, 11) is 0. The van der Waals surface area contributed by atoms with Crippen LogP contribution in [0.25, 0.3) is 5.70 Å². The third-order valence-corrected chi connectivity index (χ3v) is 4.13. The van der Waals surface area contributed by atoms with Crippen molar-refractivity contribution in [3.8, 4) is 0 Å². The minimum absolute atomic E-state index is 0.776. The normalized spacial score (nSPS) is 19.8. The number of hydrogen-bond acceptors (Lipinski definition) is 5. The van der Waals surface area contributed by atoms with Gasteiger partial charge in [-0.05, 0) is 18.7 Å². The highest BCUT2D eigenvalue weighted by molar-refractivity contribution is 5.76. The summed E-state index contributed by atoms with van der Waals surface area (Å²) < 4.78 is 0. The molecule has 1 aromatic carbocycles. The summed E-state index contributed by atoms with van der Waals surface area (Å²) in [5.74, 6) is 1.06. The van der Waals surface area contributed by atoms with Crippen molar-refractivity contribution in [2.75, 3.05) is 45.0 Å². The lowest BCUT2D eigenvalue weighted by Gasteiger charge is -2.37. The Balaban J connectivity index is 1.86. The van der Waals surface area contributed by atoms with E-state index in [1.165, 1.54) is 0 Å². The monoisotopic (exact) mass is 285 g/mol. The summed E-state index contributed by atoms with van der Waals surface area (Å²) in [6.45, 7) is 8.38. The molecule has 2 heterocycles. The van der Waals surface area contributed by atoms with Gasteiger partial charge in [0.1, 0.15) is 0 Å². The Bertz CT molecular complexity index is 538. The Morgan fingerprint density at radius 3 is 2.52 bits per heavy atom. The van der Waals surface area contributed by atoms with Crippen molar-refractivity contribution in [2.45, 2.75) is 6.92 Å². The third-order valence-electron chi connectivity index (χ3n) is 4.13. The zero-order valence-electron chi connectivity index (χ0n) is 12.5. The summed E-state index contributed by atoms with van der Waals surface area (Å²) in [6.07, 6.45) is 1.95. The molecule has 0 atom stereocenters. The van der Waals surface area contributed by atoms with E-state index < -0.39 is 0 Å². The molecule has 1 fully saturated rings. The average Bonchev–Trinajstić information content (AvgIpc) is 2.56. The first-order valence-corrected chi connectivity index (χ1v) is 7.62. The molecule has 3 rings (SSSR count). The van der Waals surface area contributed by atoms with Crippen LogP contribution in [0.15, 0.2) is 35.1 Å². The molecule has 1 saturated heterocycles. The molecule has 0 aliphatic carbocycles. The van der Waals surface area contributed by atoms with Crippen LogP contribution in [0.4, 0.5) is 5.69 Å². The molecular formula is C16H23N5. The van der Waals surface area contributed by atoms with Gasteiger partial charge in [0.2, 0.25) is 0 Å². The summed E-state index contributed by atoms with van der Waals surface area (Å²) in [5, 5.41) is 3.46. The molecule has 21 heavy (non-hydrogen) atoms. The number of piperazine rings is 1. The number of nitrogens with two attached hydrogens (primary N) is 1. The lowest BCUT2D eigenvalue weighted by Crippen LogP contribution is -2.46.